The summed E-state index contributed by atoms with van der Waals surface area (Å²) in [6, 6.07) is 12.2. The van der Waals surface area contributed by atoms with Gasteiger partial charge in [0.05, 0.1) is 25.8 Å². The minimum absolute atomic E-state index is 0.0251. The molecule has 0 radical (unpaired) electrons. The van der Waals surface area contributed by atoms with Gasteiger partial charge in [0.1, 0.15) is 22.1 Å². The van der Waals surface area contributed by atoms with Crippen molar-refractivity contribution in [3.63, 3.8) is 0 Å². The fraction of sp³-hybridized carbons (Fsp3) is 0.519. The van der Waals surface area contributed by atoms with E-state index in [1.165, 1.54) is 30.7 Å². The first-order valence-corrected chi connectivity index (χ1v) is 14.5. The number of carbonyl (C=O) groups is 1. The first-order chi connectivity index (χ1) is 17.8. The number of hydrogen-bond acceptors (Lipinski definition) is 6. The number of likely N-dealkylation sites (tertiary alicyclic amines) is 1. The van der Waals surface area contributed by atoms with E-state index in [1.807, 2.05) is 35.2 Å². The lowest BCUT2D eigenvalue weighted by atomic mass is 9.78. The molecule has 10 heteroatoms. The molecule has 202 valence electrons. The van der Waals surface area contributed by atoms with Crippen LogP contribution in [0.15, 0.2) is 47.4 Å². The SMILES string of the molecule is COc1cc(OC)c(S(=O)(=O)N2CCC[C@@](COc3ccccc3)(CC(=O)N3CCCCC3)C2)cc1Cl. The lowest BCUT2D eigenvalue weighted by Gasteiger charge is -2.42. The Morgan fingerprint density at radius 2 is 1.68 bits per heavy atom. The summed E-state index contributed by atoms with van der Waals surface area (Å²) in [6.07, 6.45) is 4.65. The fourth-order valence-corrected chi connectivity index (χ4v) is 7.24. The van der Waals surface area contributed by atoms with Crippen LogP contribution in [0.5, 0.6) is 17.2 Å². The van der Waals surface area contributed by atoms with E-state index < -0.39 is 15.4 Å². The molecule has 0 saturated carbocycles. The van der Waals surface area contributed by atoms with Crippen molar-refractivity contribution in [3.8, 4) is 17.2 Å². The minimum atomic E-state index is -3.98. The number of methoxy groups -OCH3 is 2. The highest BCUT2D eigenvalue weighted by molar-refractivity contribution is 7.89. The number of amides is 1. The molecule has 2 aromatic rings. The Hall–Kier alpha value is -2.49. The molecule has 0 N–H and O–H groups in total. The number of halogens is 1. The molecule has 2 saturated heterocycles. The third kappa shape index (κ3) is 6.33. The van der Waals surface area contributed by atoms with E-state index in [-0.39, 0.29) is 41.1 Å². The lowest BCUT2D eigenvalue weighted by Crippen LogP contribution is -2.51. The Morgan fingerprint density at radius 3 is 2.35 bits per heavy atom. The van der Waals surface area contributed by atoms with Gasteiger partial charge in [-0.2, -0.15) is 4.31 Å². The average molecular weight is 551 g/mol. The number of benzene rings is 2. The van der Waals surface area contributed by atoms with Crippen LogP contribution in [-0.2, 0) is 14.8 Å². The second kappa shape index (κ2) is 11.9. The topological polar surface area (TPSA) is 85.4 Å². The van der Waals surface area contributed by atoms with Gasteiger partial charge in [0.2, 0.25) is 15.9 Å². The normalized spacial score (nSPS) is 20.9. The Bertz CT molecular complexity index is 1190. The predicted molar refractivity (Wildman–Crippen MR) is 142 cm³/mol. The van der Waals surface area contributed by atoms with Crippen LogP contribution in [0.3, 0.4) is 0 Å². The molecule has 2 aliphatic rings. The van der Waals surface area contributed by atoms with Crippen molar-refractivity contribution in [1.82, 2.24) is 9.21 Å². The summed E-state index contributed by atoms with van der Waals surface area (Å²) in [7, 11) is -1.11. The number of ether oxygens (including phenoxy) is 3. The van der Waals surface area contributed by atoms with Crippen molar-refractivity contribution in [2.24, 2.45) is 5.41 Å². The van der Waals surface area contributed by atoms with Crippen molar-refractivity contribution >= 4 is 27.5 Å². The van der Waals surface area contributed by atoms with Crippen molar-refractivity contribution in [3.05, 3.63) is 47.5 Å². The maximum atomic E-state index is 13.9. The monoisotopic (exact) mass is 550 g/mol. The molecule has 4 rings (SSSR count). The standard InChI is InChI=1S/C27H35ClN2O6S/c1-34-23-17-24(35-2)25(16-22(23)28)37(32,33)30-15-9-12-27(19-30,20-36-21-10-5-3-6-11-21)18-26(31)29-13-7-4-8-14-29/h3,5-6,10-11,16-17H,4,7-9,12-15,18-20H2,1-2H3/t27-/m1/s1. The summed E-state index contributed by atoms with van der Waals surface area (Å²) in [4.78, 5) is 15.3. The summed E-state index contributed by atoms with van der Waals surface area (Å²) < 4.78 is 46.0. The van der Waals surface area contributed by atoms with E-state index in [0.717, 1.165) is 32.4 Å². The van der Waals surface area contributed by atoms with Crippen LogP contribution in [0.2, 0.25) is 5.02 Å². The van der Waals surface area contributed by atoms with E-state index in [9.17, 15) is 13.2 Å². The Balaban J connectivity index is 1.63. The van der Waals surface area contributed by atoms with Crippen molar-refractivity contribution in [2.45, 2.75) is 43.4 Å². The molecule has 2 heterocycles. The molecule has 0 spiro atoms. The zero-order valence-corrected chi connectivity index (χ0v) is 23.0. The molecule has 37 heavy (non-hydrogen) atoms. The van der Waals surface area contributed by atoms with Crippen molar-refractivity contribution in [2.75, 3.05) is 47.0 Å². The number of sulfonamides is 1. The van der Waals surface area contributed by atoms with Gasteiger partial charge in [-0.3, -0.25) is 4.79 Å². The lowest BCUT2D eigenvalue weighted by molar-refractivity contribution is -0.136. The van der Waals surface area contributed by atoms with Crippen LogP contribution < -0.4 is 14.2 Å². The van der Waals surface area contributed by atoms with Crippen molar-refractivity contribution in [1.29, 1.82) is 0 Å². The second-order valence-corrected chi connectivity index (χ2v) is 12.1. The molecular weight excluding hydrogens is 516 g/mol. The summed E-state index contributed by atoms with van der Waals surface area (Å²) in [5, 5.41) is 0.179. The van der Waals surface area contributed by atoms with Crippen LogP contribution in [0.4, 0.5) is 0 Å². The number of hydrogen-bond donors (Lipinski definition) is 0. The molecule has 2 aromatic carbocycles. The maximum Gasteiger partial charge on any atom is 0.246 e. The smallest absolute Gasteiger partial charge is 0.246 e. The van der Waals surface area contributed by atoms with Gasteiger partial charge in [-0.1, -0.05) is 29.8 Å². The fourth-order valence-electron chi connectivity index (χ4n) is 5.18. The summed E-state index contributed by atoms with van der Waals surface area (Å²) in [5.41, 5.74) is -0.667. The van der Waals surface area contributed by atoms with Gasteiger partial charge in [-0.25, -0.2) is 8.42 Å². The van der Waals surface area contributed by atoms with Gasteiger partial charge >= 0.3 is 0 Å². The molecule has 2 aliphatic heterocycles. The average Bonchev–Trinajstić information content (AvgIpc) is 2.93. The molecule has 2 fully saturated rings. The van der Waals surface area contributed by atoms with Crippen molar-refractivity contribution < 1.29 is 27.4 Å². The number of nitrogens with zero attached hydrogens (tertiary/aromatic N) is 2. The number of carbonyl (C=O) groups excluding carboxylic acids is 1. The summed E-state index contributed by atoms with van der Waals surface area (Å²) >= 11 is 6.30. The molecule has 0 aromatic heterocycles. The second-order valence-electron chi connectivity index (χ2n) is 9.80. The minimum Gasteiger partial charge on any atom is -0.495 e. The largest absolute Gasteiger partial charge is 0.495 e. The molecule has 1 amide bonds. The van der Waals surface area contributed by atoms with Crippen LogP contribution in [0.1, 0.15) is 38.5 Å². The first-order valence-electron chi connectivity index (χ1n) is 12.7. The van der Waals surface area contributed by atoms with Crippen LogP contribution in [-0.4, -0.2) is 70.5 Å². The Labute approximate surface area is 224 Å². The highest BCUT2D eigenvalue weighted by Gasteiger charge is 2.44. The van der Waals surface area contributed by atoms with E-state index in [2.05, 4.69) is 0 Å². The Kier molecular flexibility index (Phi) is 8.87. The van der Waals surface area contributed by atoms with E-state index >= 15 is 0 Å². The summed E-state index contributed by atoms with van der Waals surface area (Å²) in [5.74, 6) is 1.23. The number of rotatable bonds is 9. The zero-order chi connectivity index (χ0) is 26.5. The van der Waals surface area contributed by atoms with Gasteiger partial charge in [0, 0.05) is 44.1 Å². The van der Waals surface area contributed by atoms with E-state index in [0.29, 0.717) is 30.9 Å². The third-order valence-corrected chi connectivity index (χ3v) is 9.37. The molecular formula is C27H35ClN2O6S. The van der Waals surface area contributed by atoms with Crippen LogP contribution in [0, 0.1) is 5.41 Å². The number of para-hydroxylation sites is 1. The Morgan fingerprint density at radius 1 is 0.973 bits per heavy atom. The van der Waals surface area contributed by atoms with Gasteiger partial charge in [0.15, 0.2) is 0 Å². The quantitative estimate of drug-likeness (QED) is 0.453. The van der Waals surface area contributed by atoms with E-state index in [1.54, 1.807) is 0 Å². The molecule has 0 bridgehead atoms. The molecule has 1 atom stereocenters. The molecule has 0 aliphatic carbocycles. The molecule has 8 nitrogen and oxygen atoms in total. The number of piperidine rings is 2. The van der Waals surface area contributed by atoms with Crippen LogP contribution in [0.25, 0.3) is 0 Å². The first kappa shape index (κ1) is 27.5. The third-order valence-electron chi connectivity index (χ3n) is 7.21. The van der Waals surface area contributed by atoms with Gasteiger partial charge < -0.3 is 19.1 Å². The zero-order valence-electron chi connectivity index (χ0n) is 21.4. The van der Waals surface area contributed by atoms with Crippen LogP contribution >= 0.6 is 11.6 Å². The predicted octanol–water partition coefficient (Wildman–Crippen LogP) is 4.61. The highest BCUT2D eigenvalue weighted by Crippen LogP contribution is 2.41. The van der Waals surface area contributed by atoms with Gasteiger partial charge in [-0.05, 0) is 50.3 Å². The molecule has 0 unspecified atom stereocenters. The van der Waals surface area contributed by atoms with Gasteiger partial charge in [0.25, 0.3) is 0 Å². The maximum absolute atomic E-state index is 13.9. The van der Waals surface area contributed by atoms with Gasteiger partial charge in [-0.15, -0.1) is 0 Å². The van der Waals surface area contributed by atoms with E-state index in [4.69, 9.17) is 25.8 Å². The summed E-state index contributed by atoms with van der Waals surface area (Å²) in [6.45, 7) is 2.23. The highest BCUT2D eigenvalue weighted by atomic mass is 35.5.